The molecule has 1 saturated heterocycles. The van der Waals surface area contributed by atoms with Gasteiger partial charge in [0.2, 0.25) is 0 Å². The third kappa shape index (κ3) is 3.17. The maximum Gasteiger partial charge on any atom is 0.0931 e. The Bertz CT molecular complexity index is 447. The summed E-state index contributed by atoms with van der Waals surface area (Å²) in [5.74, 6) is 0. The maximum absolute atomic E-state index is 6.23. The molecule has 0 bridgehead atoms. The average molecular weight is 327 g/mol. The lowest BCUT2D eigenvalue weighted by molar-refractivity contribution is 0.0778. The lowest BCUT2D eigenvalue weighted by Gasteiger charge is -2.45. The fourth-order valence-electron chi connectivity index (χ4n) is 4.26. The van der Waals surface area contributed by atoms with Crippen LogP contribution in [0.2, 0.25) is 4.34 Å². The van der Waals surface area contributed by atoms with Crippen molar-refractivity contribution in [1.29, 1.82) is 0 Å². The predicted octanol–water partition coefficient (Wildman–Crippen LogP) is 4.85. The molecule has 2 heterocycles. The maximum atomic E-state index is 6.23. The molecule has 0 aromatic carbocycles. The van der Waals surface area contributed by atoms with Crippen molar-refractivity contribution >= 4 is 22.9 Å². The van der Waals surface area contributed by atoms with Crippen LogP contribution in [0, 0.1) is 0 Å². The average Bonchev–Trinajstić information content (AvgIpc) is 3.20. The molecule has 0 spiro atoms. The van der Waals surface area contributed by atoms with Crippen molar-refractivity contribution in [3.8, 4) is 0 Å². The van der Waals surface area contributed by atoms with Gasteiger partial charge in [0, 0.05) is 10.4 Å². The van der Waals surface area contributed by atoms with E-state index in [0.29, 0.717) is 11.6 Å². The molecule has 1 saturated carbocycles. The zero-order valence-electron chi connectivity index (χ0n) is 13.0. The molecule has 1 aromatic rings. The van der Waals surface area contributed by atoms with Crippen LogP contribution in [-0.4, -0.2) is 30.1 Å². The zero-order chi connectivity index (χ0) is 14.7. The van der Waals surface area contributed by atoms with Crippen LogP contribution in [0.25, 0.3) is 0 Å². The van der Waals surface area contributed by atoms with Gasteiger partial charge >= 0.3 is 0 Å². The van der Waals surface area contributed by atoms with E-state index in [1.54, 1.807) is 11.3 Å². The molecule has 2 fully saturated rings. The highest BCUT2D eigenvalue weighted by molar-refractivity contribution is 7.16. The molecule has 1 atom stereocenters. The third-order valence-electron chi connectivity index (χ3n) is 5.22. The highest BCUT2D eigenvalue weighted by atomic mass is 35.5. The van der Waals surface area contributed by atoms with Crippen LogP contribution >= 0.6 is 22.9 Å². The Morgan fingerprint density at radius 2 is 1.95 bits per heavy atom. The van der Waals surface area contributed by atoms with Gasteiger partial charge in [0.1, 0.15) is 0 Å². The van der Waals surface area contributed by atoms with Gasteiger partial charge in [-0.25, -0.2) is 0 Å². The molecule has 1 aromatic heterocycles. The van der Waals surface area contributed by atoms with Crippen LogP contribution in [0.1, 0.15) is 62.8 Å². The summed E-state index contributed by atoms with van der Waals surface area (Å²) in [5, 5.41) is 3.87. The van der Waals surface area contributed by atoms with Gasteiger partial charge in [-0.15, -0.1) is 11.3 Å². The summed E-state index contributed by atoms with van der Waals surface area (Å²) in [4.78, 5) is 4.23. The number of likely N-dealkylation sites (tertiary alicyclic amines) is 1. The van der Waals surface area contributed by atoms with Crippen LogP contribution in [0.15, 0.2) is 12.1 Å². The van der Waals surface area contributed by atoms with E-state index in [9.17, 15) is 0 Å². The summed E-state index contributed by atoms with van der Waals surface area (Å²) in [7, 11) is 0. The van der Waals surface area contributed by atoms with Gasteiger partial charge in [-0.05, 0) is 63.9 Å². The summed E-state index contributed by atoms with van der Waals surface area (Å²) >= 11 is 7.99. The zero-order valence-corrected chi connectivity index (χ0v) is 14.6. The van der Waals surface area contributed by atoms with Crippen LogP contribution in [0.4, 0.5) is 0 Å². The largest absolute Gasteiger partial charge is 0.308 e. The Morgan fingerprint density at radius 1 is 1.24 bits per heavy atom. The molecule has 21 heavy (non-hydrogen) atoms. The molecule has 2 nitrogen and oxygen atoms in total. The second kappa shape index (κ2) is 6.99. The first-order chi connectivity index (χ1) is 10.3. The number of hydrogen-bond acceptors (Lipinski definition) is 3. The van der Waals surface area contributed by atoms with Gasteiger partial charge in [0.25, 0.3) is 0 Å². The molecule has 0 radical (unpaired) electrons. The highest BCUT2D eigenvalue weighted by Gasteiger charge is 2.47. The van der Waals surface area contributed by atoms with Crippen molar-refractivity contribution in [3.05, 3.63) is 21.3 Å². The van der Waals surface area contributed by atoms with Crippen LogP contribution in [0.3, 0.4) is 0 Å². The first-order valence-corrected chi connectivity index (χ1v) is 9.69. The van der Waals surface area contributed by atoms with Crippen molar-refractivity contribution < 1.29 is 0 Å². The number of rotatable bonds is 6. The number of hydrogen-bond donors (Lipinski definition) is 1. The number of thiophene rings is 1. The van der Waals surface area contributed by atoms with Crippen LogP contribution < -0.4 is 5.32 Å². The third-order valence-corrected chi connectivity index (χ3v) is 6.52. The molecular weight excluding hydrogens is 300 g/mol. The van der Waals surface area contributed by atoms with Crippen molar-refractivity contribution in [2.24, 2.45) is 0 Å². The van der Waals surface area contributed by atoms with Crippen LogP contribution in [0.5, 0.6) is 0 Å². The van der Waals surface area contributed by atoms with E-state index in [0.717, 1.165) is 10.9 Å². The summed E-state index contributed by atoms with van der Waals surface area (Å²) in [6.07, 6.45) is 9.35. The van der Waals surface area contributed by atoms with Crippen LogP contribution in [-0.2, 0) is 0 Å². The van der Waals surface area contributed by atoms with Crippen molar-refractivity contribution in [1.82, 2.24) is 10.2 Å². The van der Waals surface area contributed by atoms with Gasteiger partial charge in [0.05, 0.1) is 10.4 Å². The topological polar surface area (TPSA) is 15.3 Å². The highest BCUT2D eigenvalue weighted by Crippen LogP contribution is 2.47. The first kappa shape index (κ1) is 15.8. The van der Waals surface area contributed by atoms with Gasteiger partial charge in [0.15, 0.2) is 0 Å². The fourth-order valence-corrected chi connectivity index (χ4v) is 5.51. The fraction of sp³-hybridized carbons (Fsp3) is 0.765. The Kier molecular flexibility index (Phi) is 5.26. The standard InChI is InChI=1S/C17H27ClN2S/c1-2-11-19-16(14-7-8-15(18)21-14)17(9-3-4-10-17)20-12-5-6-13-20/h7-8,16,19H,2-6,9-13H2,1H3. The smallest absolute Gasteiger partial charge is 0.0931 e. The van der Waals surface area contributed by atoms with E-state index in [1.807, 2.05) is 0 Å². The van der Waals surface area contributed by atoms with E-state index in [-0.39, 0.29) is 0 Å². The number of nitrogens with zero attached hydrogens (tertiary/aromatic N) is 1. The van der Waals surface area contributed by atoms with E-state index in [4.69, 9.17) is 11.6 Å². The Labute approximate surface area is 137 Å². The van der Waals surface area contributed by atoms with Gasteiger partial charge in [-0.1, -0.05) is 31.4 Å². The Morgan fingerprint density at radius 3 is 2.52 bits per heavy atom. The normalized spacial score (nSPS) is 23.7. The first-order valence-electron chi connectivity index (χ1n) is 8.50. The lowest BCUT2D eigenvalue weighted by atomic mass is 9.85. The van der Waals surface area contributed by atoms with Gasteiger partial charge in [-0.2, -0.15) is 0 Å². The molecule has 1 aliphatic heterocycles. The molecule has 4 heteroatoms. The van der Waals surface area contributed by atoms with E-state index < -0.39 is 0 Å². The predicted molar refractivity (Wildman–Crippen MR) is 92.4 cm³/mol. The molecule has 118 valence electrons. The minimum atomic E-state index is 0.333. The van der Waals surface area contributed by atoms with Gasteiger partial charge < -0.3 is 5.32 Å². The second-order valence-electron chi connectivity index (χ2n) is 6.53. The molecule has 1 N–H and O–H groups in total. The molecular formula is C17H27ClN2S. The second-order valence-corrected chi connectivity index (χ2v) is 8.28. The van der Waals surface area contributed by atoms with Crippen molar-refractivity contribution in [3.63, 3.8) is 0 Å². The molecule has 1 unspecified atom stereocenters. The van der Waals surface area contributed by atoms with Gasteiger partial charge in [-0.3, -0.25) is 4.90 Å². The van der Waals surface area contributed by atoms with E-state index in [1.165, 1.54) is 62.9 Å². The number of nitrogens with one attached hydrogen (secondary N) is 1. The summed E-state index contributed by atoms with van der Waals surface area (Å²) < 4.78 is 0.919. The lowest BCUT2D eigenvalue weighted by Crippen LogP contribution is -2.54. The minimum absolute atomic E-state index is 0.333. The number of halogens is 1. The van der Waals surface area contributed by atoms with E-state index >= 15 is 0 Å². The molecule has 0 amide bonds. The monoisotopic (exact) mass is 326 g/mol. The molecule has 2 aliphatic rings. The van der Waals surface area contributed by atoms with Crippen molar-refractivity contribution in [2.45, 2.75) is 63.5 Å². The quantitative estimate of drug-likeness (QED) is 0.803. The SMILES string of the molecule is CCCNC(c1ccc(Cl)s1)C1(N2CCCC2)CCCC1. The Hall–Kier alpha value is -0.0900. The summed E-state index contributed by atoms with van der Waals surface area (Å²) in [6, 6.07) is 4.77. The van der Waals surface area contributed by atoms with Crippen molar-refractivity contribution in [2.75, 3.05) is 19.6 Å². The minimum Gasteiger partial charge on any atom is -0.308 e. The summed E-state index contributed by atoms with van der Waals surface area (Å²) in [6.45, 7) is 5.91. The van der Waals surface area contributed by atoms with E-state index in [2.05, 4.69) is 29.3 Å². The molecule has 1 aliphatic carbocycles. The Balaban J connectivity index is 1.91. The summed E-state index contributed by atoms with van der Waals surface area (Å²) in [5.41, 5.74) is 0.333. The molecule has 3 rings (SSSR count).